The van der Waals surface area contributed by atoms with Gasteiger partial charge in [-0.05, 0) is 24.7 Å². The van der Waals surface area contributed by atoms with Crippen LogP contribution in [0.25, 0.3) is 0 Å². The highest BCUT2D eigenvalue weighted by Crippen LogP contribution is 2.35. The molecule has 3 unspecified atom stereocenters. The molecule has 2 N–H and O–H groups in total. The van der Waals surface area contributed by atoms with Gasteiger partial charge in [0.05, 0.1) is 6.33 Å². The zero-order valence-corrected chi connectivity index (χ0v) is 11.2. The number of likely N-dealkylation sites (tertiary alicyclic amines) is 1. The SMILES string of the molecule is NC1CCCC2CN(C(=O)CCn3ccnc3)CC12. The fraction of sp³-hybridized carbons (Fsp3) is 0.714. The van der Waals surface area contributed by atoms with E-state index in [0.717, 1.165) is 26.1 Å². The summed E-state index contributed by atoms with van der Waals surface area (Å²) in [5, 5.41) is 0. The molecule has 0 radical (unpaired) electrons. The van der Waals surface area contributed by atoms with Crippen LogP contribution in [0.5, 0.6) is 0 Å². The Morgan fingerprint density at radius 3 is 3.00 bits per heavy atom. The Bertz CT molecular complexity index is 431. The van der Waals surface area contributed by atoms with Gasteiger partial charge in [-0.2, -0.15) is 0 Å². The molecule has 5 nitrogen and oxygen atoms in total. The maximum atomic E-state index is 12.2. The fourth-order valence-corrected chi connectivity index (χ4v) is 3.52. The minimum Gasteiger partial charge on any atom is -0.342 e. The van der Waals surface area contributed by atoms with Crippen LogP contribution in [0.1, 0.15) is 25.7 Å². The predicted molar refractivity (Wildman–Crippen MR) is 72.2 cm³/mol. The van der Waals surface area contributed by atoms with Crippen LogP contribution >= 0.6 is 0 Å². The lowest BCUT2D eigenvalue weighted by Crippen LogP contribution is -2.38. The number of rotatable bonds is 3. The van der Waals surface area contributed by atoms with E-state index in [0.29, 0.717) is 24.3 Å². The minimum absolute atomic E-state index is 0.260. The van der Waals surface area contributed by atoms with Crippen molar-refractivity contribution >= 4 is 5.91 Å². The van der Waals surface area contributed by atoms with E-state index < -0.39 is 0 Å². The summed E-state index contributed by atoms with van der Waals surface area (Å²) in [5.74, 6) is 1.43. The average molecular weight is 262 g/mol. The first kappa shape index (κ1) is 12.7. The Hall–Kier alpha value is -1.36. The lowest BCUT2D eigenvalue weighted by atomic mass is 9.78. The standard InChI is InChI=1S/C14H22N4O/c15-13-3-1-2-11-8-18(9-12(11)13)14(19)4-6-17-7-5-16-10-17/h5,7,10-13H,1-4,6,8-9,15H2. The summed E-state index contributed by atoms with van der Waals surface area (Å²) in [4.78, 5) is 18.3. The van der Waals surface area contributed by atoms with E-state index in [-0.39, 0.29) is 5.91 Å². The van der Waals surface area contributed by atoms with Crippen LogP contribution in [0.4, 0.5) is 0 Å². The summed E-state index contributed by atoms with van der Waals surface area (Å²) < 4.78 is 1.95. The molecule has 1 amide bonds. The normalized spacial score (nSPS) is 30.4. The Morgan fingerprint density at radius 1 is 1.37 bits per heavy atom. The van der Waals surface area contributed by atoms with Crippen molar-refractivity contribution in [1.29, 1.82) is 0 Å². The van der Waals surface area contributed by atoms with Gasteiger partial charge < -0.3 is 15.2 Å². The van der Waals surface area contributed by atoms with Crippen molar-refractivity contribution in [1.82, 2.24) is 14.5 Å². The second-order valence-corrected chi connectivity index (χ2v) is 5.87. The van der Waals surface area contributed by atoms with Crippen LogP contribution in [0, 0.1) is 11.8 Å². The molecule has 3 rings (SSSR count). The van der Waals surface area contributed by atoms with Gasteiger partial charge in [0.1, 0.15) is 0 Å². The average Bonchev–Trinajstić information content (AvgIpc) is 3.05. The second kappa shape index (κ2) is 5.33. The van der Waals surface area contributed by atoms with Crippen LogP contribution in [0.2, 0.25) is 0 Å². The van der Waals surface area contributed by atoms with E-state index in [1.54, 1.807) is 12.5 Å². The summed E-state index contributed by atoms with van der Waals surface area (Å²) in [6.07, 6.45) is 9.54. The number of amides is 1. The number of fused-ring (bicyclic) bond motifs is 1. The largest absolute Gasteiger partial charge is 0.342 e. The highest BCUT2D eigenvalue weighted by atomic mass is 16.2. The lowest BCUT2D eigenvalue weighted by molar-refractivity contribution is -0.130. The first-order valence-corrected chi connectivity index (χ1v) is 7.23. The molecular weight excluding hydrogens is 240 g/mol. The Labute approximate surface area is 113 Å². The number of carbonyl (C=O) groups is 1. The van der Waals surface area contributed by atoms with Gasteiger partial charge in [0.25, 0.3) is 0 Å². The van der Waals surface area contributed by atoms with Crippen molar-refractivity contribution in [3.8, 4) is 0 Å². The van der Waals surface area contributed by atoms with Gasteiger partial charge in [-0.25, -0.2) is 4.98 Å². The van der Waals surface area contributed by atoms with Crippen molar-refractivity contribution in [3.05, 3.63) is 18.7 Å². The van der Waals surface area contributed by atoms with E-state index in [4.69, 9.17) is 5.73 Å². The van der Waals surface area contributed by atoms with Crippen LogP contribution in [-0.2, 0) is 11.3 Å². The van der Waals surface area contributed by atoms with Gasteiger partial charge in [0.2, 0.25) is 5.91 Å². The third-order valence-corrected chi connectivity index (χ3v) is 4.65. The molecule has 1 aliphatic heterocycles. The number of imidazole rings is 1. The maximum absolute atomic E-state index is 12.2. The number of nitrogens with zero attached hydrogens (tertiary/aromatic N) is 3. The zero-order chi connectivity index (χ0) is 13.2. The van der Waals surface area contributed by atoms with Gasteiger partial charge in [-0.1, -0.05) is 6.42 Å². The molecule has 2 heterocycles. The summed E-state index contributed by atoms with van der Waals surface area (Å²) in [5.41, 5.74) is 6.18. The highest BCUT2D eigenvalue weighted by Gasteiger charge is 2.39. The fourth-order valence-electron chi connectivity index (χ4n) is 3.52. The third kappa shape index (κ3) is 2.66. The van der Waals surface area contributed by atoms with E-state index in [1.165, 1.54) is 12.8 Å². The quantitative estimate of drug-likeness (QED) is 0.878. The smallest absolute Gasteiger partial charge is 0.224 e. The molecule has 2 fully saturated rings. The second-order valence-electron chi connectivity index (χ2n) is 5.87. The molecule has 0 aromatic carbocycles. The van der Waals surface area contributed by atoms with Gasteiger partial charge in [0, 0.05) is 44.5 Å². The first-order chi connectivity index (χ1) is 9.24. The molecule has 5 heteroatoms. The van der Waals surface area contributed by atoms with Gasteiger partial charge in [0.15, 0.2) is 0 Å². The lowest BCUT2D eigenvalue weighted by Gasteiger charge is -2.29. The van der Waals surface area contributed by atoms with Crippen LogP contribution in [0.15, 0.2) is 18.7 Å². The molecule has 1 saturated carbocycles. The van der Waals surface area contributed by atoms with Crippen molar-refractivity contribution in [3.63, 3.8) is 0 Å². The summed E-state index contributed by atoms with van der Waals surface area (Å²) in [6.45, 7) is 2.51. The van der Waals surface area contributed by atoms with Crippen molar-refractivity contribution in [2.24, 2.45) is 17.6 Å². The number of nitrogens with two attached hydrogens (primary N) is 1. The molecule has 0 bridgehead atoms. The third-order valence-electron chi connectivity index (χ3n) is 4.65. The molecule has 0 spiro atoms. The highest BCUT2D eigenvalue weighted by molar-refractivity contribution is 5.76. The van der Waals surface area contributed by atoms with Gasteiger partial charge >= 0.3 is 0 Å². The molecule has 104 valence electrons. The zero-order valence-electron chi connectivity index (χ0n) is 11.2. The Morgan fingerprint density at radius 2 is 2.26 bits per heavy atom. The number of aryl methyl sites for hydroxylation is 1. The molecule has 1 saturated heterocycles. The van der Waals surface area contributed by atoms with E-state index >= 15 is 0 Å². The van der Waals surface area contributed by atoms with Crippen molar-refractivity contribution < 1.29 is 4.79 Å². The van der Waals surface area contributed by atoms with Crippen LogP contribution in [0.3, 0.4) is 0 Å². The topological polar surface area (TPSA) is 64.2 Å². The molecule has 1 aliphatic carbocycles. The number of aromatic nitrogens is 2. The summed E-state index contributed by atoms with van der Waals surface area (Å²) in [6, 6.07) is 0.296. The molecular formula is C14H22N4O. The van der Waals surface area contributed by atoms with E-state index in [1.807, 2.05) is 15.7 Å². The van der Waals surface area contributed by atoms with Crippen LogP contribution < -0.4 is 5.73 Å². The Kier molecular flexibility index (Phi) is 3.55. The molecule has 19 heavy (non-hydrogen) atoms. The molecule has 1 aromatic rings. The maximum Gasteiger partial charge on any atom is 0.224 e. The van der Waals surface area contributed by atoms with Crippen molar-refractivity contribution in [2.75, 3.05) is 13.1 Å². The molecule has 1 aromatic heterocycles. The summed E-state index contributed by atoms with van der Waals surface area (Å²) in [7, 11) is 0. The van der Waals surface area contributed by atoms with Crippen LogP contribution in [-0.4, -0.2) is 39.5 Å². The van der Waals surface area contributed by atoms with E-state index in [9.17, 15) is 4.79 Å². The summed E-state index contributed by atoms with van der Waals surface area (Å²) >= 11 is 0. The predicted octanol–water partition coefficient (Wildman–Crippen LogP) is 0.859. The van der Waals surface area contributed by atoms with E-state index in [2.05, 4.69) is 4.98 Å². The first-order valence-electron chi connectivity index (χ1n) is 7.23. The van der Waals surface area contributed by atoms with Gasteiger partial charge in [-0.3, -0.25) is 4.79 Å². The number of carbonyl (C=O) groups excluding carboxylic acids is 1. The van der Waals surface area contributed by atoms with Gasteiger partial charge in [-0.15, -0.1) is 0 Å². The Balaban J connectivity index is 1.53. The minimum atomic E-state index is 0.260. The molecule has 3 atom stereocenters. The number of hydrogen-bond acceptors (Lipinski definition) is 3. The molecule has 2 aliphatic rings. The van der Waals surface area contributed by atoms with Crippen molar-refractivity contribution in [2.45, 2.75) is 38.3 Å². The number of hydrogen-bond donors (Lipinski definition) is 1. The monoisotopic (exact) mass is 262 g/mol.